The fraction of sp³-hybridized carbons (Fsp3) is 0.263. The minimum absolute atomic E-state index is 0.159. The van der Waals surface area contributed by atoms with Gasteiger partial charge in [0.2, 0.25) is 0 Å². The van der Waals surface area contributed by atoms with E-state index in [2.05, 4.69) is 15.5 Å². The fourth-order valence-corrected chi connectivity index (χ4v) is 2.74. The van der Waals surface area contributed by atoms with Crippen LogP contribution in [-0.2, 0) is 11.3 Å². The van der Waals surface area contributed by atoms with Crippen molar-refractivity contribution in [1.29, 1.82) is 0 Å². The number of amides is 1. The molecule has 1 unspecified atom stereocenters. The van der Waals surface area contributed by atoms with Crippen LogP contribution in [0.5, 0.6) is 0 Å². The summed E-state index contributed by atoms with van der Waals surface area (Å²) in [6.45, 7) is 6.05. The van der Waals surface area contributed by atoms with E-state index in [0.29, 0.717) is 12.2 Å². The Morgan fingerprint density at radius 3 is 2.63 bits per heavy atom. The van der Waals surface area contributed by atoms with Crippen LogP contribution in [0.3, 0.4) is 0 Å². The summed E-state index contributed by atoms with van der Waals surface area (Å²) in [4.78, 5) is 23.4. The molecule has 2 N–H and O–H groups in total. The van der Waals surface area contributed by atoms with Crippen LogP contribution in [0.4, 0.5) is 5.69 Å². The van der Waals surface area contributed by atoms with Crippen LogP contribution in [0, 0.1) is 13.8 Å². The molecule has 1 aromatic carbocycles. The predicted octanol–water partition coefficient (Wildman–Crippen LogP) is 2.64. The van der Waals surface area contributed by atoms with Gasteiger partial charge in [-0.2, -0.15) is 10.2 Å². The summed E-state index contributed by atoms with van der Waals surface area (Å²) in [6.07, 6.45) is 1.48. The molecule has 1 atom stereocenters. The van der Waals surface area contributed by atoms with E-state index in [0.717, 1.165) is 17.0 Å². The molecule has 2 heterocycles. The van der Waals surface area contributed by atoms with Crippen LogP contribution in [0.2, 0.25) is 0 Å². The Morgan fingerprint density at radius 1 is 1.19 bits per heavy atom. The third-order valence-electron chi connectivity index (χ3n) is 4.22. The molecule has 0 aliphatic heterocycles. The lowest BCUT2D eigenvalue weighted by Crippen LogP contribution is -2.18. The molecule has 0 aliphatic rings. The Bertz CT molecular complexity index is 989. The first-order chi connectivity index (χ1) is 12.8. The zero-order valence-electron chi connectivity index (χ0n) is 15.4. The molecule has 2 aromatic heterocycles. The molecule has 27 heavy (non-hydrogen) atoms. The van der Waals surface area contributed by atoms with Crippen LogP contribution in [-0.4, -0.2) is 36.5 Å². The van der Waals surface area contributed by atoms with Gasteiger partial charge in [-0.3, -0.25) is 14.2 Å². The second-order valence-corrected chi connectivity index (χ2v) is 6.43. The molecule has 0 aliphatic carbocycles. The summed E-state index contributed by atoms with van der Waals surface area (Å²) >= 11 is 0. The molecule has 3 rings (SSSR count). The Labute approximate surface area is 156 Å². The number of nitrogens with one attached hydrogen (secondary N) is 1. The summed E-state index contributed by atoms with van der Waals surface area (Å²) in [5.74, 6) is -1.41. The summed E-state index contributed by atoms with van der Waals surface area (Å²) in [5.41, 5.74) is 3.83. The van der Waals surface area contributed by atoms with Gasteiger partial charge in [-0.15, -0.1) is 0 Å². The first kappa shape index (κ1) is 18.4. The summed E-state index contributed by atoms with van der Waals surface area (Å²) < 4.78 is 3.15. The van der Waals surface area contributed by atoms with Gasteiger partial charge in [0.15, 0.2) is 5.69 Å². The summed E-state index contributed by atoms with van der Waals surface area (Å²) in [6, 6.07) is 10.2. The highest BCUT2D eigenvalue weighted by molar-refractivity contribution is 6.02. The third-order valence-corrected chi connectivity index (χ3v) is 4.22. The number of carbonyl (C=O) groups excluding carboxylic acids is 1. The number of hydrogen-bond donors (Lipinski definition) is 2. The molecular weight excluding hydrogens is 346 g/mol. The number of carboxylic acids is 1. The third kappa shape index (κ3) is 4.22. The molecule has 1 amide bonds. The fourth-order valence-electron chi connectivity index (χ4n) is 2.74. The molecule has 0 saturated carbocycles. The highest BCUT2D eigenvalue weighted by Crippen LogP contribution is 2.15. The molecular formula is C19H21N5O3. The maximum Gasteiger partial charge on any atom is 0.328 e. The van der Waals surface area contributed by atoms with E-state index in [1.807, 2.05) is 42.8 Å². The summed E-state index contributed by atoms with van der Waals surface area (Å²) in [5, 5.41) is 20.3. The molecule has 3 aromatic rings. The molecule has 140 valence electrons. The number of carboxylic acid groups (broad SMARTS) is 1. The van der Waals surface area contributed by atoms with Crippen LogP contribution in [0.1, 0.15) is 40.4 Å². The van der Waals surface area contributed by atoms with E-state index < -0.39 is 17.9 Å². The first-order valence-corrected chi connectivity index (χ1v) is 8.53. The molecule has 0 spiro atoms. The van der Waals surface area contributed by atoms with Gasteiger partial charge >= 0.3 is 5.97 Å². The molecule has 0 fully saturated rings. The number of aromatic nitrogens is 4. The summed E-state index contributed by atoms with van der Waals surface area (Å²) in [7, 11) is 0. The molecule has 0 radical (unpaired) electrons. The maximum atomic E-state index is 12.4. The monoisotopic (exact) mass is 367 g/mol. The van der Waals surface area contributed by atoms with Crippen molar-refractivity contribution in [2.24, 2.45) is 0 Å². The Kier molecular flexibility index (Phi) is 5.07. The Hall–Kier alpha value is -3.42. The highest BCUT2D eigenvalue weighted by atomic mass is 16.4. The average Bonchev–Trinajstić information content (AvgIpc) is 3.21. The lowest BCUT2D eigenvalue weighted by Gasteiger charge is -2.08. The lowest BCUT2D eigenvalue weighted by atomic mass is 10.2. The van der Waals surface area contributed by atoms with Gasteiger partial charge in [0.1, 0.15) is 6.04 Å². The van der Waals surface area contributed by atoms with E-state index in [1.54, 1.807) is 6.07 Å². The number of aryl methyl sites for hydroxylation is 2. The van der Waals surface area contributed by atoms with Crippen molar-refractivity contribution in [3.63, 3.8) is 0 Å². The van der Waals surface area contributed by atoms with Gasteiger partial charge < -0.3 is 10.4 Å². The van der Waals surface area contributed by atoms with Gasteiger partial charge in [-0.1, -0.05) is 12.1 Å². The average molecular weight is 367 g/mol. The largest absolute Gasteiger partial charge is 0.480 e. The van der Waals surface area contributed by atoms with Crippen molar-refractivity contribution in [2.45, 2.75) is 33.4 Å². The number of nitrogens with zero attached hydrogens (tertiary/aromatic N) is 4. The van der Waals surface area contributed by atoms with E-state index in [9.17, 15) is 9.59 Å². The van der Waals surface area contributed by atoms with Crippen LogP contribution < -0.4 is 5.32 Å². The SMILES string of the molecule is Cc1cc(C)n(Cc2cccc(NC(=O)c3ccn(C(C)C(=O)O)n3)c2)n1. The molecule has 0 bridgehead atoms. The maximum absolute atomic E-state index is 12.4. The zero-order chi connectivity index (χ0) is 19.6. The van der Waals surface area contributed by atoms with E-state index in [-0.39, 0.29) is 5.69 Å². The van der Waals surface area contributed by atoms with Crippen molar-refractivity contribution in [3.05, 3.63) is 65.2 Å². The zero-order valence-corrected chi connectivity index (χ0v) is 15.4. The first-order valence-electron chi connectivity index (χ1n) is 8.53. The smallest absolute Gasteiger partial charge is 0.328 e. The van der Waals surface area contributed by atoms with Crippen LogP contribution in [0.15, 0.2) is 42.6 Å². The lowest BCUT2D eigenvalue weighted by molar-refractivity contribution is -0.140. The minimum atomic E-state index is -1.01. The number of aliphatic carboxylic acids is 1. The molecule has 0 saturated heterocycles. The van der Waals surface area contributed by atoms with Gasteiger partial charge in [0.25, 0.3) is 5.91 Å². The van der Waals surface area contributed by atoms with Gasteiger partial charge in [-0.05, 0) is 50.6 Å². The number of rotatable bonds is 6. The molecule has 8 heteroatoms. The van der Waals surface area contributed by atoms with Crippen molar-refractivity contribution >= 4 is 17.6 Å². The van der Waals surface area contributed by atoms with Crippen molar-refractivity contribution in [2.75, 3.05) is 5.32 Å². The van der Waals surface area contributed by atoms with Gasteiger partial charge in [-0.25, -0.2) is 4.79 Å². The number of anilines is 1. The normalized spacial score (nSPS) is 12.0. The molecule has 8 nitrogen and oxygen atoms in total. The van der Waals surface area contributed by atoms with E-state index >= 15 is 0 Å². The van der Waals surface area contributed by atoms with Crippen LogP contribution in [0.25, 0.3) is 0 Å². The van der Waals surface area contributed by atoms with Gasteiger partial charge in [0.05, 0.1) is 12.2 Å². The standard InChI is InChI=1S/C19H21N5O3/c1-12-9-13(2)24(21-12)11-15-5-4-6-16(10-15)20-18(25)17-7-8-23(22-17)14(3)19(26)27/h4-10,14H,11H2,1-3H3,(H,20,25)(H,26,27). The predicted molar refractivity (Wildman–Crippen MR) is 99.8 cm³/mol. The van der Waals surface area contributed by atoms with E-state index in [4.69, 9.17) is 5.11 Å². The van der Waals surface area contributed by atoms with Crippen LogP contribution >= 0.6 is 0 Å². The van der Waals surface area contributed by atoms with Gasteiger partial charge in [0, 0.05) is 17.6 Å². The minimum Gasteiger partial charge on any atom is -0.480 e. The number of hydrogen-bond acceptors (Lipinski definition) is 4. The topological polar surface area (TPSA) is 102 Å². The second kappa shape index (κ2) is 7.45. The second-order valence-electron chi connectivity index (χ2n) is 6.43. The van der Waals surface area contributed by atoms with Crippen molar-refractivity contribution < 1.29 is 14.7 Å². The number of benzene rings is 1. The van der Waals surface area contributed by atoms with Crippen molar-refractivity contribution in [3.8, 4) is 0 Å². The quantitative estimate of drug-likeness (QED) is 0.697. The van der Waals surface area contributed by atoms with Crippen molar-refractivity contribution in [1.82, 2.24) is 19.6 Å². The van der Waals surface area contributed by atoms with E-state index in [1.165, 1.54) is 23.9 Å². The highest BCUT2D eigenvalue weighted by Gasteiger charge is 2.17. The Balaban J connectivity index is 1.71. The number of carbonyl (C=O) groups is 2. The Morgan fingerprint density at radius 2 is 1.96 bits per heavy atom.